The molecule has 0 atom stereocenters. The number of halogens is 2. The molecule has 0 amide bonds. The van der Waals surface area contributed by atoms with Crippen molar-refractivity contribution >= 4 is 43.2 Å². The van der Waals surface area contributed by atoms with Crippen LogP contribution in [0.3, 0.4) is 0 Å². The van der Waals surface area contributed by atoms with Crippen molar-refractivity contribution in [3.63, 3.8) is 0 Å². The van der Waals surface area contributed by atoms with Gasteiger partial charge in [-0.25, -0.2) is 13.1 Å². The van der Waals surface area contributed by atoms with Gasteiger partial charge in [0.15, 0.2) is 0 Å². The van der Waals surface area contributed by atoms with Gasteiger partial charge in [-0.1, -0.05) is 41.4 Å². The Labute approximate surface area is 137 Å². The van der Waals surface area contributed by atoms with E-state index >= 15 is 0 Å². The summed E-state index contributed by atoms with van der Waals surface area (Å²) in [6.07, 6.45) is 0. The summed E-state index contributed by atoms with van der Waals surface area (Å²) in [5.74, 6) is 0. The molecule has 0 radical (unpaired) electrons. The molecule has 112 valence electrons. The highest BCUT2D eigenvalue weighted by atomic mass is 79.9. The van der Waals surface area contributed by atoms with E-state index in [0.29, 0.717) is 4.47 Å². The monoisotopic (exact) mass is 388 g/mol. The molecule has 0 fully saturated rings. The molecule has 0 saturated heterocycles. The fourth-order valence-electron chi connectivity index (χ4n) is 1.86. The predicted molar refractivity (Wildman–Crippen MR) is 88.8 cm³/mol. The van der Waals surface area contributed by atoms with Gasteiger partial charge in [0.2, 0.25) is 10.0 Å². The number of hydrogen-bond acceptors (Lipinski definition) is 3. The highest BCUT2D eigenvalue weighted by Gasteiger charge is 2.20. The van der Waals surface area contributed by atoms with Gasteiger partial charge in [-0.15, -0.1) is 0 Å². The van der Waals surface area contributed by atoms with Crippen LogP contribution in [0.2, 0.25) is 5.02 Å². The molecule has 21 heavy (non-hydrogen) atoms. The summed E-state index contributed by atoms with van der Waals surface area (Å²) >= 11 is 9.06. The van der Waals surface area contributed by atoms with E-state index in [-0.39, 0.29) is 22.2 Å². The summed E-state index contributed by atoms with van der Waals surface area (Å²) in [7, 11) is -3.71. The molecule has 2 aromatic carbocycles. The van der Waals surface area contributed by atoms with Gasteiger partial charge in [0.05, 0.1) is 9.37 Å². The standard InChI is InChI=1S/C14H14BrClN2O2S/c1-9-3-2-4-10(5-9)8-18-21(19,20)13-7-11(16)6-12(17)14(13)15/h2-7,18H,8,17H2,1H3. The zero-order valence-electron chi connectivity index (χ0n) is 11.2. The number of benzene rings is 2. The summed E-state index contributed by atoms with van der Waals surface area (Å²) in [5, 5.41) is 0.270. The van der Waals surface area contributed by atoms with E-state index < -0.39 is 10.0 Å². The molecule has 2 aromatic rings. The van der Waals surface area contributed by atoms with Gasteiger partial charge in [0, 0.05) is 17.3 Å². The van der Waals surface area contributed by atoms with Crippen molar-refractivity contribution < 1.29 is 8.42 Å². The first-order chi connectivity index (χ1) is 9.79. The zero-order valence-corrected chi connectivity index (χ0v) is 14.4. The minimum atomic E-state index is -3.71. The van der Waals surface area contributed by atoms with Gasteiger partial charge in [-0.2, -0.15) is 0 Å². The molecule has 3 N–H and O–H groups in total. The first-order valence-corrected chi connectivity index (χ1v) is 8.75. The Morgan fingerprint density at radius 2 is 2.00 bits per heavy atom. The molecule has 0 saturated carbocycles. The highest BCUT2D eigenvalue weighted by Crippen LogP contribution is 2.31. The maximum Gasteiger partial charge on any atom is 0.242 e. The largest absolute Gasteiger partial charge is 0.398 e. The van der Waals surface area contributed by atoms with Crippen molar-refractivity contribution in [3.8, 4) is 0 Å². The normalized spacial score (nSPS) is 11.6. The van der Waals surface area contributed by atoms with Gasteiger partial charge in [-0.3, -0.25) is 0 Å². The third-order valence-electron chi connectivity index (χ3n) is 2.87. The summed E-state index contributed by atoms with van der Waals surface area (Å²) < 4.78 is 27.6. The molecular formula is C14H14BrClN2O2S. The van der Waals surface area contributed by atoms with Crippen molar-refractivity contribution in [2.24, 2.45) is 0 Å². The van der Waals surface area contributed by atoms with Crippen molar-refractivity contribution in [1.82, 2.24) is 4.72 Å². The maximum absolute atomic E-state index is 12.4. The van der Waals surface area contributed by atoms with Crippen LogP contribution in [-0.4, -0.2) is 8.42 Å². The second-order valence-corrected chi connectivity index (χ2v) is 7.59. The van der Waals surface area contributed by atoms with Crippen molar-refractivity contribution in [2.75, 3.05) is 5.73 Å². The first kappa shape index (κ1) is 16.3. The van der Waals surface area contributed by atoms with Crippen LogP contribution < -0.4 is 10.5 Å². The fraction of sp³-hybridized carbons (Fsp3) is 0.143. The van der Waals surface area contributed by atoms with Crippen LogP contribution in [0.4, 0.5) is 5.69 Å². The molecule has 0 aromatic heterocycles. The van der Waals surface area contributed by atoms with Crippen molar-refractivity contribution in [2.45, 2.75) is 18.4 Å². The molecule has 0 unspecified atom stereocenters. The third kappa shape index (κ3) is 3.97. The first-order valence-electron chi connectivity index (χ1n) is 6.09. The van der Waals surface area contributed by atoms with Crippen LogP contribution in [0.15, 0.2) is 45.8 Å². The summed E-state index contributed by atoms with van der Waals surface area (Å²) in [4.78, 5) is 0.0279. The van der Waals surface area contributed by atoms with E-state index in [0.717, 1.165) is 11.1 Å². The molecule has 0 aliphatic heterocycles. The highest BCUT2D eigenvalue weighted by molar-refractivity contribution is 9.10. The lowest BCUT2D eigenvalue weighted by molar-refractivity contribution is 0.581. The predicted octanol–water partition coefficient (Wildman–Crippen LogP) is 3.47. The molecule has 0 aliphatic carbocycles. The Morgan fingerprint density at radius 3 is 2.67 bits per heavy atom. The van der Waals surface area contributed by atoms with Gasteiger partial charge in [0.25, 0.3) is 0 Å². The molecular weight excluding hydrogens is 376 g/mol. The number of rotatable bonds is 4. The van der Waals surface area contributed by atoms with E-state index in [2.05, 4.69) is 20.7 Å². The number of nitrogens with one attached hydrogen (secondary N) is 1. The van der Waals surface area contributed by atoms with E-state index in [9.17, 15) is 8.42 Å². The van der Waals surface area contributed by atoms with E-state index in [1.807, 2.05) is 31.2 Å². The third-order valence-corrected chi connectivity index (χ3v) is 5.66. The average Bonchev–Trinajstić information content (AvgIpc) is 2.41. The Bertz CT molecular complexity index is 779. The average molecular weight is 390 g/mol. The Hall–Kier alpha value is -1.08. The van der Waals surface area contributed by atoms with Gasteiger partial charge >= 0.3 is 0 Å². The topological polar surface area (TPSA) is 72.2 Å². The summed E-state index contributed by atoms with van der Waals surface area (Å²) in [6, 6.07) is 10.5. The zero-order chi connectivity index (χ0) is 15.6. The van der Waals surface area contributed by atoms with E-state index in [1.165, 1.54) is 12.1 Å². The molecule has 0 spiro atoms. The number of aryl methyl sites for hydroxylation is 1. The second-order valence-electron chi connectivity index (χ2n) is 4.62. The number of hydrogen-bond donors (Lipinski definition) is 2. The van der Waals surface area contributed by atoms with Crippen LogP contribution in [-0.2, 0) is 16.6 Å². The molecule has 0 bridgehead atoms. The van der Waals surface area contributed by atoms with Crippen LogP contribution in [0.5, 0.6) is 0 Å². The molecule has 7 heteroatoms. The quantitative estimate of drug-likeness (QED) is 0.786. The number of nitrogens with two attached hydrogens (primary N) is 1. The van der Waals surface area contributed by atoms with E-state index in [4.69, 9.17) is 17.3 Å². The van der Waals surface area contributed by atoms with Crippen LogP contribution in [0.1, 0.15) is 11.1 Å². The fourth-order valence-corrected chi connectivity index (χ4v) is 4.17. The van der Waals surface area contributed by atoms with Crippen LogP contribution in [0, 0.1) is 6.92 Å². The molecule has 0 aliphatic rings. The van der Waals surface area contributed by atoms with Crippen molar-refractivity contribution in [1.29, 1.82) is 0 Å². The number of anilines is 1. The van der Waals surface area contributed by atoms with Gasteiger partial charge in [-0.05, 0) is 40.5 Å². The smallest absolute Gasteiger partial charge is 0.242 e. The van der Waals surface area contributed by atoms with Gasteiger partial charge in [0.1, 0.15) is 0 Å². The second kappa shape index (κ2) is 6.36. The number of sulfonamides is 1. The summed E-state index contributed by atoms with van der Waals surface area (Å²) in [6.45, 7) is 2.15. The summed E-state index contributed by atoms with van der Waals surface area (Å²) in [5.41, 5.74) is 7.95. The SMILES string of the molecule is Cc1cccc(CNS(=O)(=O)c2cc(Cl)cc(N)c2Br)c1. The van der Waals surface area contributed by atoms with E-state index in [1.54, 1.807) is 0 Å². The Morgan fingerprint density at radius 1 is 1.29 bits per heavy atom. The Kier molecular flexibility index (Phi) is 4.93. The Balaban J connectivity index is 2.27. The van der Waals surface area contributed by atoms with Crippen molar-refractivity contribution in [3.05, 3.63) is 57.0 Å². The lowest BCUT2D eigenvalue weighted by atomic mass is 10.1. The molecule has 0 heterocycles. The lowest BCUT2D eigenvalue weighted by Gasteiger charge is -2.11. The molecule has 4 nitrogen and oxygen atoms in total. The van der Waals surface area contributed by atoms with Crippen LogP contribution >= 0.6 is 27.5 Å². The minimum absolute atomic E-state index is 0.0279. The lowest BCUT2D eigenvalue weighted by Crippen LogP contribution is -2.24. The van der Waals surface area contributed by atoms with Crippen LogP contribution in [0.25, 0.3) is 0 Å². The van der Waals surface area contributed by atoms with Gasteiger partial charge < -0.3 is 5.73 Å². The molecule has 2 rings (SSSR count). The minimum Gasteiger partial charge on any atom is -0.398 e. The maximum atomic E-state index is 12.4. The number of nitrogen functional groups attached to an aromatic ring is 1.